The van der Waals surface area contributed by atoms with Gasteiger partial charge in [0.15, 0.2) is 0 Å². The van der Waals surface area contributed by atoms with Crippen molar-refractivity contribution in [2.24, 2.45) is 28.6 Å². The molecule has 0 aromatic rings. The van der Waals surface area contributed by atoms with E-state index in [1.165, 1.54) is 32.1 Å². The van der Waals surface area contributed by atoms with Gasteiger partial charge in [0, 0.05) is 0 Å². The molecule has 2 bridgehead atoms. The summed E-state index contributed by atoms with van der Waals surface area (Å²) in [6.45, 7) is 7.56. The molecule has 3 rings (SSSR count). The molecule has 1 heteroatoms. The van der Waals surface area contributed by atoms with Gasteiger partial charge in [-0.1, -0.05) is 27.2 Å². The molecule has 0 aliphatic heterocycles. The van der Waals surface area contributed by atoms with Crippen LogP contribution in [0.5, 0.6) is 0 Å². The Bertz CT molecular complexity index is 309. The Balaban J connectivity index is 1.82. The van der Waals surface area contributed by atoms with Gasteiger partial charge in [0.1, 0.15) is 0 Å². The molecule has 3 unspecified atom stereocenters. The van der Waals surface area contributed by atoms with Crippen LogP contribution in [0.25, 0.3) is 0 Å². The van der Waals surface area contributed by atoms with E-state index in [1.54, 1.807) is 0 Å². The Kier molecular flexibility index (Phi) is 2.63. The van der Waals surface area contributed by atoms with Gasteiger partial charge in [-0.05, 0) is 67.1 Å². The van der Waals surface area contributed by atoms with Gasteiger partial charge in [0.2, 0.25) is 0 Å². The number of hydrogen-bond acceptors (Lipinski definition) is 1. The highest BCUT2D eigenvalue weighted by Gasteiger charge is 2.62. The van der Waals surface area contributed by atoms with Gasteiger partial charge in [0.05, 0.1) is 6.10 Å². The van der Waals surface area contributed by atoms with Crippen LogP contribution in [0, 0.1) is 28.6 Å². The van der Waals surface area contributed by atoms with E-state index in [-0.39, 0.29) is 6.10 Å². The Labute approximate surface area is 106 Å². The first-order valence-electron chi connectivity index (χ1n) is 7.63. The van der Waals surface area contributed by atoms with Crippen molar-refractivity contribution < 1.29 is 5.11 Å². The maximum absolute atomic E-state index is 9.92. The van der Waals surface area contributed by atoms with Crippen molar-refractivity contribution in [3.8, 4) is 0 Å². The van der Waals surface area contributed by atoms with Crippen LogP contribution < -0.4 is 0 Å². The van der Waals surface area contributed by atoms with Gasteiger partial charge < -0.3 is 5.11 Å². The molecule has 3 aliphatic rings. The Morgan fingerprint density at radius 1 is 1.00 bits per heavy atom. The highest BCUT2D eigenvalue weighted by Crippen LogP contribution is 2.70. The average Bonchev–Trinajstić information content (AvgIpc) is 2.61. The van der Waals surface area contributed by atoms with E-state index < -0.39 is 0 Å². The second-order valence-corrected chi connectivity index (χ2v) is 7.80. The summed E-state index contributed by atoms with van der Waals surface area (Å²) in [6.07, 6.45) is 9.09. The monoisotopic (exact) mass is 236 g/mol. The molecule has 3 saturated carbocycles. The lowest BCUT2D eigenvalue weighted by atomic mass is 9.61. The first-order valence-corrected chi connectivity index (χ1v) is 7.63. The number of aliphatic hydroxyl groups is 1. The molecule has 0 spiro atoms. The first-order chi connectivity index (χ1) is 7.95. The summed E-state index contributed by atoms with van der Waals surface area (Å²) in [5.41, 5.74) is 1.10. The molecule has 1 nitrogen and oxygen atoms in total. The van der Waals surface area contributed by atoms with Crippen LogP contribution in [0.3, 0.4) is 0 Å². The molecule has 0 radical (unpaired) electrons. The zero-order valence-electron chi connectivity index (χ0n) is 11.7. The van der Waals surface area contributed by atoms with E-state index >= 15 is 0 Å². The molecule has 0 saturated heterocycles. The van der Waals surface area contributed by atoms with Crippen LogP contribution in [-0.2, 0) is 0 Å². The van der Waals surface area contributed by atoms with Crippen LogP contribution in [0.15, 0.2) is 0 Å². The maximum atomic E-state index is 9.92. The van der Waals surface area contributed by atoms with E-state index in [9.17, 15) is 5.11 Å². The van der Waals surface area contributed by atoms with Crippen LogP contribution in [-0.4, -0.2) is 11.2 Å². The molecule has 0 amide bonds. The zero-order chi connectivity index (χ0) is 12.3. The predicted molar refractivity (Wildman–Crippen MR) is 70.7 cm³/mol. The lowest BCUT2D eigenvalue weighted by molar-refractivity contribution is 0.0168. The average molecular weight is 236 g/mol. The summed E-state index contributed by atoms with van der Waals surface area (Å²) in [5.74, 6) is 2.66. The predicted octanol–water partition coefficient (Wildman–Crippen LogP) is 4.00. The van der Waals surface area contributed by atoms with Crippen molar-refractivity contribution >= 4 is 0 Å². The fraction of sp³-hybridized carbons (Fsp3) is 1.00. The van der Waals surface area contributed by atoms with Crippen LogP contribution in [0.4, 0.5) is 0 Å². The van der Waals surface area contributed by atoms with Gasteiger partial charge >= 0.3 is 0 Å². The van der Waals surface area contributed by atoms with E-state index in [0.717, 1.165) is 30.6 Å². The zero-order valence-corrected chi connectivity index (χ0v) is 11.7. The highest BCUT2D eigenvalue weighted by atomic mass is 16.3. The molecule has 1 N–H and O–H groups in total. The molecule has 17 heavy (non-hydrogen) atoms. The summed E-state index contributed by atoms with van der Waals surface area (Å²) in [6, 6.07) is 0. The third kappa shape index (κ3) is 1.54. The van der Waals surface area contributed by atoms with Crippen molar-refractivity contribution in [3.63, 3.8) is 0 Å². The molecule has 3 aliphatic carbocycles. The van der Waals surface area contributed by atoms with Gasteiger partial charge in [-0.3, -0.25) is 0 Å². The normalized spacial score (nSPS) is 52.9. The third-order valence-electron chi connectivity index (χ3n) is 7.12. The minimum atomic E-state index is -0.000381. The minimum absolute atomic E-state index is 0.000381. The van der Waals surface area contributed by atoms with Crippen molar-refractivity contribution in [2.45, 2.75) is 71.8 Å². The van der Waals surface area contributed by atoms with Gasteiger partial charge in [-0.25, -0.2) is 0 Å². The van der Waals surface area contributed by atoms with E-state index in [1.807, 2.05) is 0 Å². The standard InChI is InChI=1S/C16H28O/c1-15(2)12-7-8-16(15,3)14(10-12)11-5-4-6-13(17)9-11/h11-14,17H,4-10H2,1-3H3/t11?,12-,13?,14?,16-/m1/s1. The third-order valence-corrected chi connectivity index (χ3v) is 7.12. The van der Waals surface area contributed by atoms with E-state index in [0.29, 0.717) is 10.8 Å². The lowest BCUT2D eigenvalue weighted by Crippen LogP contribution is -2.38. The SMILES string of the molecule is CC1(C)[C@@H]2CC[C@]1(C)C(C1CCCC(O)C1)C2. The fourth-order valence-electron chi connectivity index (χ4n) is 5.54. The van der Waals surface area contributed by atoms with Gasteiger partial charge in [-0.2, -0.15) is 0 Å². The quantitative estimate of drug-likeness (QED) is 0.729. The topological polar surface area (TPSA) is 20.2 Å². The van der Waals surface area contributed by atoms with Crippen LogP contribution in [0.2, 0.25) is 0 Å². The molecule has 98 valence electrons. The van der Waals surface area contributed by atoms with Crippen molar-refractivity contribution in [1.29, 1.82) is 0 Å². The Morgan fingerprint density at radius 2 is 1.76 bits per heavy atom. The molecular weight excluding hydrogens is 208 g/mol. The van der Waals surface area contributed by atoms with Crippen LogP contribution >= 0.6 is 0 Å². The highest BCUT2D eigenvalue weighted by molar-refractivity contribution is 5.11. The number of rotatable bonds is 1. The summed E-state index contributed by atoms with van der Waals surface area (Å²) in [4.78, 5) is 0. The smallest absolute Gasteiger partial charge is 0.0543 e. The van der Waals surface area contributed by atoms with Crippen molar-refractivity contribution in [2.75, 3.05) is 0 Å². The summed E-state index contributed by atoms with van der Waals surface area (Å²) in [7, 11) is 0. The van der Waals surface area contributed by atoms with Gasteiger partial charge in [0.25, 0.3) is 0 Å². The van der Waals surface area contributed by atoms with Crippen LogP contribution in [0.1, 0.15) is 65.7 Å². The Morgan fingerprint density at radius 3 is 2.29 bits per heavy atom. The number of hydrogen-bond donors (Lipinski definition) is 1. The van der Waals surface area contributed by atoms with Crippen molar-refractivity contribution in [3.05, 3.63) is 0 Å². The molecule has 0 heterocycles. The second-order valence-electron chi connectivity index (χ2n) is 7.80. The molecule has 3 fully saturated rings. The molecule has 0 aromatic heterocycles. The molecule has 0 aromatic carbocycles. The van der Waals surface area contributed by atoms with Gasteiger partial charge in [-0.15, -0.1) is 0 Å². The minimum Gasteiger partial charge on any atom is -0.393 e. The van der Waals surface area contributed by atoms with E-state index in [4.69, 9.17) is 0 Å². The Hall–Kier alpha value is -0.0400. The largest absolute Gasteiger partial charge is 0.393 e. The maximum Gasteiger partial charge on any atom is 0.0543 e. The summed E-state index contributed by atoms with van der Waals surface area (Å²) < 4.78 is 0. The summed E-state index contributed by atoms with van der Waals surface area (Å²) in [5, 5.41) is 9.92. The van der Waals surface area contributed by atoms with E-state index in [2.05, 4.69) is 20.8 Å². The number of fused-ring (bicyclic) bond motifs is 2. The number of aliphatic hydroxyl groups excluding tert-OH is 1. The lowest BCUT2D eigenvalue weighted by Gasteiger charge is -2.44. The molecule has 5 atom stereocenters. The molecular formula is C16H28O. The second kappa shape index (κ2) is 3.73. The first kappa shape index (κ1) is 12.0. The van der Waals surface area contributed by atoms with Crippen molar-refractivity contribution in [1.82, 2.24) is 0 Å². The fourth-order valence-corrected chi connectivity index (χ4v) is 5.54. The summed E-state index contributed by atoms with van der Waals surface area (Å²) >= 11 is 0.